The third-order valence-electron chi connectivity index (χ3n) is 3.27. The number of carboxylic acids is 1. The Morgan fingerprint density at radius 3 is 2.76 bits per heavy atom. The highest BCUT2D eigenvalue weighted by atomic mass is 16.5. The van der Waals surface area contributed by atoms with E-state index in [1.54, 1.807) is 37.3 Å². The van der Waals surface area contributed by atoms with E-state index < -0.39 is 12.1 Å². The minimum absolute atomic E-state index is 0.0462. The van der Waals surface area contributed by atoms with E-state index >= 15 is 0 Å². The summed E-state index contributed by atoms with van der Waals surface area (Å²) >= 11 is 0. The lowest BCUT2D eigenvalue weighted by atomic mass is 10.1. The summed E-state index contributed by atoms with van der Waals surface area (Å²) < 4.78 is 10.5. The number of rotatable bonds is 2. The van der Waals surface area contributed by atoms with E-state index in [0.29, 0.717) is 22.8 Å². The van der Waals surface area contributed by atoms with Crippen LogP contribution in [0, 0.1) is 6.92 Å². The number of furan rings is 1. The summed E-state index contributed by atoms with van der Waals surface area (Å²) in [4.78, 5) is 25.2. The van der Waals surface area contributed by atoms with Gasteiger partial charge in [-0.2, -0.15) is 0 Å². The summed E-state index contributed by atoms with van der Waals surface area (Å²) in [5.41, 5.74) is 0.937. The molecule has 3 rings (SSSR count). The van der Waals surface area contributed by atoms with Gasteiger partial charge in [-0.1, -0.05) is 12.1 Å². The van der Waals surface area contributed by atoms with Crippen molar-refractivity contribution in [1.29, 1.82) is 0 Å². The lowest BCUT2D eigenvalue weighted by molar-refractivity contribution is -0.144. The summed E-state index contributed by atoms with van der Waals surface area (Å²) in [5.74, 6) is -0.418. The fraction of sp³-hybridized carbons (Fsp3) is 0.200. The molecule has 2 aromatic rings. The van der Waals surface area contributed by atoms with Gasteiger partial charge in [-0.15, -0.1) is 0 Å². The maximum atomic E-state index is 12.6. The number of anilines is 1. The lowest BCUT2D eigenvalue weighted by Gasteiger charge is -2.32. The molecule has 0 fully saturated rings. The fourth-order valence-electron chi connectivity index (χ4n) is 2.27. The Bertz CT molecular complexity index is 706. The number of aliphatic carboxylic acids is 1. The van der Waals surface area contributed by atoms with Crippen molar-refractivity contribution in [2.45, 2.75) is 13.0 Å². The van der Waals surface area contributed by atoms with Gasteiger partial charge in [-0.3, -0.25) is 4.79 Å². The molecule has 1 unspecified atom stereocenters. The van der Waals surface area contributed by atoms with Crippen molar-refractivity contribution in [3.63, 3.8) is 0 Å². The topological polar surface area (TPSA) is 80.0 Å². The molecule has 0 aliphatic carbocycles. The Hall–Kier alpha value is -2.76. The van der Waals surface area contributed by atoms with Crippen LogP contribution in [-0.4, -0.2) is 29.6 Å². The fourth-order valence-corrected chi connectivity index (χ4v) is 2.27. The lowest BCUT2D eigenvalue weighted by Crippen LogP contribution is -2.47. The average Bonchev–Trinajstić information content (AvgIpc) is 2.92. The molecule has 0 saturated carbocycles. The number of ether oxygens (including phenoxy) is 1. The number of carboxylic acid groups (broad SMARTS) is 1. The van der Waals surface area contributed by atoms with Gasteiger partial charge in [0.2, 0.25) is 6.10 Å². The summed E-state index contributed by atoms with van der Waals surface area (Å²) in [5, 5.41) is 9.16. The zero-order valence-corrected chi connectivity index (χ0v) is 11.3. The largest absolute Gasteiger partial charge is 0.478 e. The maximum Gasteiger partial charge on any atom is 0.346 e. The second-order valence-electron chi connectivity index (χ2n) is 4.77. The number of carbonyl (C=O) groups is 2. The predicted molar refractivity (Wildman–Crippen MR) is 73.6 cm³/mol. The van der Waals surface area contributed by atoms with Gasteiger partial charge in [0.05, 0.1) is 17.8 Å². The van der Waals surface area contributed by atoms with Crippen LogP contribution in [0.25, 0.3) is 0 Å². The summed E-state index contributed by atoms with van der Waals surface area (Å²) in [6.45, 7) is 1.69. The Kier molecular flexibility index (Phi) is 3.13. The van der Waals surface area contributed by atoms with Crippen LogP contribution < -0.4 is 9.64 Å². The molecule has 6 nitrogen and oxygen atoms in total. The van der Waals surface area contributed by atoms with E-state index in [9.17, 15) is 9.59 Å². The zero-order valence-electron chi connectivity index (χ0n) is 11.3. The van der Waals surface area contributed by atoms with Crippen LogP contribution in [0.2, 0.25) is 0 Å². The molecule has 0 saturated heterocycles. The van der Waals surface area contributed by atoms with Gasteiger partial charge in [0, 0.05) is 0 Å². The van der Waals surface area contributed by atoms with Crippen molar-refractivity contribution >= 4 is 17.6 Å². The number of hydrogen-bond donors (Lipinski definition) is 1. The van der Waals surface area contributed by atoms with E-state index in [1.165, 1.54) is 11.2 Å². The van der Waals surface area contributed by atoms with Crippen LogP contribution in [-0.2, 0) is 4.79 Å². The smallest absolute Gasteiger partial charge is 0.346 e. The Balaban J connectivity index is 2.00. The number of benzene rings is 1. The number of carbonyl (C=O) groups excluding carboxylic acids is 1. The Labute approximate surface area is 120 Å². The van der Waals surface area contributed by atoms with Crippen molar-refractivity contribution in [2.75, 3.05) is 11.4 Å². The molecule has 0 spiro atoms. The molecule has 2 heterocycles. The van der Waals surface area contributed by atoms with Crippen molar-refractivity contribution in [3.8, 4) is 5.75 Å². The average molecular weight is 287 g/mol. The first-order chi connectivity index (χ1) is 10.1. The van der Waals surface area contributed by atoms with Crippen molar-refractivity contribution in [3.05, 3.63) is 47.9 Å². The third kappa shape index (κ3) is 2.35. The second-order valence-corrected chi connectivity index (χ2v) is 4.77. The molecule has 108 valence electrons. The number of fused-ring (bicyclic) bond motifs is 1. The standard InChI is InChI=1S/C15H13NO5/c1-9-6-10(8-20-9)14(17)16-7-13(15(18)19)21-12-5-3-2-4-11(12)16/h2-6,8,13H,7H2,1H3,(H,18,19). The quantitative estimate of drug-likeness (QED) is 0.914. The molecule has 0 bridgehead atoms. The molecule has 1 amide bonds. The van der Waals surface area contributed by atoms with Gasteiger partial charge in [-0.05, 0) is 25.1 Å². The van der Waals surface area contributed by atoms with Crippen LogP contribution in [0.4, 0.5) is 5.69 Å². The first-order valence-electron chi connectivity index (χ1n) is 6.42. The van der Waals surface area contributed by atoms with Gasteiger partial charge in [0.1, 0.15) is 17.8 Å². The SMILES string of the molecule is Cc1cc(C(=O)N2CC(C(=O)O)Oc3ccccc32)co1. The summed E-state index contributed by atoms with van der Waals surface area (Å²) in [6, 6.07) is 8.48. The third-order valence-corrected chi connectivity index (χ3v) is 3.27. The molecule has 0 radical (unpaired) electrons. The van der Waals surface area contributed by atoms with Gasteiger partial charge < -0.3 is 19.2 Å². The van der Waals surface area contributed by atoms with Gasteiger partial charge in [0.15, 0.2) is 0 Å². The maximum absolute atomic E-state index is 12.6. The van der Waals surface area contributed by atoms with Crippen LogP contribution in [0.1, 0.15) is 16.1 Å². The number of nitrogens with zero attached hydrogens (tertiary/aromatic N) is 1. The van der Waals surface area contributed by atoms with Gasteiger partial charge >= 0.3 is 5.97 Å². The molecule has 1 N–H and O–H groups in total. The highest BCUT2D eigenvalue weighted by Crippen LogP contribution is 2.34. The number of para-hydroxylation sites is 2. The molecule has 1 aliphatic rings. The monoisotopic (exact) mass is 287 g/mol. The van der Waals surface area contributed by atoms with E-state index in [0.717, 1.165) is 0 Å². The van der Waals surface area contributed by atoms with E-state index in [-0.39, 0.29) is 12.5 Å². The van der Waals surface area contributed by atoms with E-state index in [1.807, 2.05) is 0 Å². The zero-order chi connectivity index (χ0) is 15.0. The molecule has 1 aromatic heterocycles. The first-order valence-corrected chi connectivity index (χ1v) is 6.42. The van der Waals surface area contributed by atoms with Gasteiger partial charge in [0.25, 0.3) is 5.91 Å². The van der Waals surface area contributed by atoms with Crippen LogP contribution >= 0.6 is 0 Å². The van der Waals surface area contributed by atoms with Gasteiger partial charge in [-0.25, -0.2) is 4.79 Å². The first kappa shape index (κ1) is 13.2. The second kappa shape index (κ2) is 4.97. The Morgan fingerprint density at radius 2 is 2.10 bits per heavy atom. The van der Waals surface area contributed by atoms with Crippen molar-refractivity contribution < 1.29 is 23.8 Å². The van der Waals surface area contributed by atoms with E-state index in [4.69, 9.17) is 14.3 Å². The van der Waals surface area contributed by atoms with Crippen LogP contribution in [0.5, 0.6) is 5.75 Å². The molecular formula is C15H13NO5. The summed E-state index contributed by atoms with van der Waals surface area (Å²) in [7, 11) is 0. The Morgan fingerprint density at radius 1 is 1.33 bits per heavy atom. The number of hydrogen-bond acceptors (Lipinski definition) is 4. The van der Waals surface area contributed by atoms with E-state index in [2.05, 4.69) is 0 Å². The minimum atomic E-state index is -1.11. The van der Waals surface area contributed by atoms with Crippen LogP contribution in [0.15, 0.2) is 41.0 Å². The highest BCUT2D eigenvalue weighted by Gasteiger charge is 2.34. The molecule has 1 atom stereocenters. The molecule has 1 aliphatic heterocycles. The highest BCUT2D eigenvalue weighted by molar-refractivity contribution is 6.07. The van der Waals surface area contributed by atoms with Crippen molar-refractivity contribution in [2.24, 2.45) is 0 Å². The normalized spacial score (nSPS) is 17.0. The predicted octanol–water partition coefficient (Wildman–Crippen LogP) is 2.08. The minimum Gasteiger partial charge on any atom is -0.478 e. The molecule has 1 aromatic carbocycles. The summed E-state index contributed by atoms with van der Waals surface area (Å²) in [6.07, 6.45) is 0.280. The molecule has 21 heavy (non-hydrogen) atoms. The molecule has 6 heteroatoms. The van der Waals surface area contributed by atoms with Crippen molar-refractivity contribution in [1.82, 2.24) is 0 Å². The van der Waals surface area contributed by atoms with Crippen LogP contribution in [0.3, 0.4) is 0 Å². The number of amides is 1. The number of aryl methyl sites for hydroxylation is 1. The molecular weight excluding hydrogens is 274 g/mol.